The molecule has 0 bridgehead atoms. The molecule has 0 saturated carbocycles. The van der Waals surface area contributed by atoms with Crippen molar-refractivity contribution in [3.05, 3.63) is 89.0 Å². The molecule has 0 aromatic heterocycles. The number of carbonyl (C=O) groups excluding carboxylic acids is 2. The highest BCUT2D eigenvalue weighted by Gasteiger charge is 2.30. The Morgan fingerprint density at radius 1 is 0.848 bits per heavy atom. The second-order valence-corrected chi connectivity index (χ2v) is 8.65. The summed E-state index contributed by atoms with van der Waals surface area (Å²) in [4.78, 5) is 24.9. The molecule has 0 atom stereocenters. The molecule has 3 rings (SSSR count). The molecule has 0 unspecified atom stereocenters. The van der Waals surface area contributed by atoms with Crippen molar-refractivity contribution in [3.63, 3.8) is 0 Å². The first kappa shape index (κ1) is 24.0. The third-order valence-corrected chi connectivity index (χ3v) is 5.52. The molecule has 172 valence electrons. The molecule has 0 aliphatic carbocycles. The van der Waals surface area contributed by atoms with Gasteiger partial charge in [0.1, 0.15) is 0 Å². The highest BCUT2D eigenvalue weighted by molar-refractivity contribution is 7.89. The quantitative estimate of drug-likeness (QED) is 0.511. The van der Waals surface area contributed by atoms with E-state index in [1.165, 1.54) is 48.5 Å². The van der Waals surface area contributed by atoms with Crippen molar-refractivity contribution < 1.29 is 31.2 Å². The maximum absolute atomic E-state index is 12.9. The van der Waals surface area contributed by atoms with Crippen molar-refractivity contribution in [3.8, 4) is 0 Å². The molecule has 11 heteroatoms. The Bertz CT molecular complexity index is 1340. The normalized spacial score (nSPS) is 11.7. The maximum atomic E-state index is 12.9. The van der Waals surface area contributed by atoms with Gasteiger partial charge in [-0.3, -0.25) is 9.59 Å². The number of amides is 2. The number of nitrogens with one attached hydrogen (secondary N) is 2. The monoisotopic (exact) mass is 477 g/mol. The van der Waals surface area contributed by atoms with Gasteiger partial charge in [-0.2, -0.15) is 13.2 Å². The summed E-state index contributed by atoms with van der Waals surface area (Å²) in [6, 6.07) is 13.8. The molecule has 3 aromatic carbocycles. The number of carbonyl (C=O) groups is 2. The molecular formula is C22H18F3N3O4S. The van der Waals surface area contributed by atoms with Gasteiger partial charge in [0.2, 0.25) is 10.0 Å². The Morgan fingerprint density at radius 2 is 1.45 bits per heavy atom. The second kappa shape index (κ2) is 9.04. The molecule has 0 radical (unpaired) electrons. The lowest BCUT2D eigenvalue weighted by Gasteiger charge is -2.12. The van der Waals surface area contributed by atoms with Gasteiger partial charge in [0, 0.05) is 22.5 Å². The number of aryl methyl sites for hydroxylation is 1. The van der Waals surface area contributed by atoms with E-state index in [-0.39, 0.29) is 27.4 Å². The van der Waals surface area contributed by atoms with Gasteiger partial charge in [0.25, 0.3) is 11.8 Å². The van der Waals surface area contributed by atoms with E-state index >= 15 is 0 Å². The minimum absolute atomic E-state index is 0.0419. The van der Waals surface area contributed by atoms with Crippen LogP contribution in [0, 0.1) is 6.92 Å². The zero-order valence-electron chi connectivity index (χ0n) is 17.1. The predicted octanol–water partition coefficient (Wildman–Crippen LogP) is 4.17. The van der Waals surface area contributed by atoms with Gasteiger partial charge in [-0.15, -0.1) is 0 Å². The number of nitrogens with two attached hydrogens (primary N) is 1. The first-order chi connectivity index (χ1) is 15.3. The van der Waals surface area contributed by atoms with Crippen LogP contribution >= 0.6 is 0 Å². The molecule has 0 heterocycles. The highest BCUT2D eigenvalue weighted by Crippen LogP contribution is 2.30. The van der Waals surface area contributed by atoms with Gasteiger partial charge >= 0.3 is 6.18 Å². The molecule has 0 aliphatic heterocycles. The van der Waals surface area contributed by atoms with E-state index in [4.69, 9.17) is 5.14 Å². The van der Waals surface area contributed by atoms with E-state index in [1.54, 1.807) is 6.92 Å². The van der Waals surface area contributed by atoms with Crippen molar-refractivity contribution >= 4 is 33.2 Å². The summed E-state index contributed by atoms with van der Waals surface area (Å²) < 4.78 is 61.7. The first-order valence-corrected chi connectivity index (χ1v) is 10.9. The average molecular weight is 477 g/mol. The van der Waals surface area contributed by atoms with Crippen LogP contribution < -0.4 is 15.8 Å². The van der Waals surface area contributed by atoms with Crippen molar-refractivity contribution in [1.29, 1.82) is 0 Å². The van der Waals surface area contributed by atoms with E-state index in [1.807, 2.05) is 0 Å². The van der Waals surface area contributed by atoms with Gasteiger partial charge in [0.05, 0.1) is 10.5 Å². The van der Waals surface area contributed by atoms with Crippen molar-refractivity contribution in [2.45, 2.75) is 18.0 Å². The molecule has 7 nitrogen and oxygen atoms in total. The van der Waals surface area contributed by atoms with Gasteiger partial charge in [0.15, 0.2) is 0 Å². The van der Waals surface area contributed by atoms with Crippen molar-refractivity contribution in [2.75, 3.05) is 10.6 Å². The van der Waals surface area contributed by atoms with Crippen LogP contribution in [-0.4, -0.2) is 20.2 Å². The summed E-state index contributed by atoms with van der Waals surface area (Å²) in [6.45, 7) is 1.61. The number of benzene rings is 3. The van der Waals surface area contributed by atoms with E-state index < -0.39 is 33.6 Å². The molecule has 3 aromatic rings. The Balaban J connectivity index is 1.79. The van der Waals surface area contributed by atoms with Crippen LogP contribution in [0.25, 0.3) is 0 Å². The molecule has 0 aliphatic rings. The number of rotatable bonds is 5. The Hall–Kier alpha value is -3.70. The first-order valence-electron chi connectivity index (χ1n) is 9.38. The van der Waals surface area contributed by atoms with E-state index in [9.17, 15) is 31.2 Å². The van der Waals surface area contributed by atoms with E-state index in [0.29, 0.717) is 5.56 Å². The van der Waals surface area contributed by atoms with E-state index in [0.717, 1.165) is 18.2 Å². The standard InChI is InChI=1S/C22H18F3N3O4S/c1-13-8-9-18(33(26,31)32)12-19(13)21(30)28-16-6-2-4-14(10-16)20(29)27-17-7-3-5-15(11-17)22(23,24)25/h2-12H,1H3,(H,27,29)(H,28,30)(H2,26,31,32). The third-order valence-electron chi connectivity index (χ3n) is 4.61. The van der Waals surface area contributed by atoms with E-state index in [2.05, 4.69) is 10.6 Å². The highest BCUT2D eigenvalue weighted by atomic mass is 32.2. The fourth-order valence-electron chi connectivity index (χ4n) is 2.94. The Morgan fingerprint density at radius 3 is 2.09 bits per heavy atom. The van der Waals surface area contributed by atoms with Crippen LogP contribution in [0.3, 0.4) is 0 Å². The third kappa shape index (κ3) is 5.96. The average Bonchev–Trinajstić information content (AvgIpc) is 2.73. The molecule has 2 amide bonds. The SMILES string of the molecule is Cc1ccc(S(N)(=O)=O)cc1C(=O)Nc1cccc(C(=O)Nc2cccc(C(F)(F)F)c2)c1. The van der Waals surface area contributed by atoms with Gasteiger partial charge < -0.3 is 10.6 Å². The van der Waals surface area contributed by atoms with Crippen LogP contribution in [0.5, 0.6) is 0 Å². The van der Waals surface area contributed by atoms with Crippen LogP contribution in [0.4, 0.5) is 24.5 Å². The molecule has 0 spiro atoms. The predicted molar refractivity (Wildman–Crippen MR) is 116 cm³/mol. The summed E-state index contributed by atoms with van der Waals surface area (Å²) in [5, 5.41) is 10.1. The lowest BCUT2D eigenvalue weighted by molar-refractivity contribution is -0.137. The fraction of sp³-hybridized carbons (Fsp3) is 0.0909. The summed E-state index contributed by atoms with van der Waals surface area (Å²) in [7, 11) is -4.01. The van der Waals surface area contributed by atoms with Crippen LogP contribution in [0.15, 0.2) is 71.6 Å². The lowest BCUT2D eigenvalue weighted by atomic mass is 10.1. The number of alkyl halides is 3. The molecule has 33 heavy (non-hydrogen) atoms. The minimum Gasteiger partial charge on any atom is -0.322 e. The number of primary sulfonamides is 1. The number of sulfonamides is 1. The zero-order chi connectivity index (χ0) is 24.4. The maximum Gasteiger partial charge on any atom is 0.416 e. The number of hydrogen-bond acceptors (Lipinski definition) is 4. The zero-order valence-corrected chi connectivity index (χ0v) is 17.9. The van der Waals surface area contributed by atoms with Crippen LogP contribution in [0.1, 0.15) is 31.8 Å². The summed E-state index contributed by atoms with van der Waals surface area (Å²) in [5.41, 5.74) is -0.0749. The van der Waals surface area contributed by atoms with Crippen molar-refractivity contribution in [1.82, 2.24) is 0 Å². The summed E-state index contributed by atoms with van der Waals surface area (Å²) >= 11 is 0. The largest absolute Gasteiger partial charge is 0.416 e. The summed E-state index contributed by atoms with van der Waals surface area (Å²) in [5.74, 6) is -1.31. The fourth-order valence-corrected chi connectivity index (χ4v) is 3.48. The Kier molecular flexibility index (Phi) is 6.56. The number of anilines is 2. The minimum atomic E-state index is -4.55. The molecular weight excluding hydrogens is 459 g/mol. The number of hydrogen-bond donors (Lipinski definition) is 3. The van der Waals surface area contributed by atoms with Gasteiger partial charge in [-0.05, 0) is 61.0 Å². The van der Waals surface area contributed by atoms with Gasteiger partial charge in [-0.25, -0.2) is 13.6 Å². The molecule has 4 N–H and O–H groups in total. The topological polar surface area (TPSA) is 118 Å². The smallest absolute Gasteiger partial charge is 0.322 e. The lowest BCUT2D eigenvalue weighted by Crippen LogP contribution is -2.17. The number of halogens is 3. The molecule has 0 saturated heterocycles. The summed E-state index contributed by atoms with van der Waals surface area (Å²) in [6.07, 6.45) is -4.55. The Labute approximate surface area is 187 Å². The van der Waals surface area contributed by atoms with Crippen LogP contribution in [0.2, 0.25) is 0 Å². The molecule has 0 fully saturated rings. The van der Waals surface area contributed by atoms with Crippen molar-refractivity contribution in [2.24, 2.45) is 5.14 Å². The van der Waals surface area contributed by atoms with Crippen LogP contribution in [-0.2, 0) is 16.2 Å². The second-order valence-electron chi connectivity index (χ2n) is 7.09. The van der Waals surface area contributed by atoms with Gasteiger partial charge in [-0.1, -0.05) is 18.2 Å².